The number of aromatic nitrogens is 4. The van der Waals surface area contributed by atoms with Gasteiger partial charge in [0.05, 0.1) is 17.6 Å². The molecule has 0 spiro atoms. The molecule has 7 nitrogen and oxygen atoms in total. The number of pyridine rings is 2. The van der Waals surface area contributed by atoms with E-state index in [2.05, 4.69) is 20.4 Å². The molecule has 0 fully saturated rings. The average Bonchev–Trinajstić information content (AvgIpc) is 3.14. The minimum absolute atomic E-state index is 0.0857. The lowest BCUT2D eigenvalue weighted by atomic mass is 10.1. The van der Waals surface area contributed by atoms with Crippen molar-refractivity contribution in [2.24, 2.45) is 0 Å². The average molecular weight is 425 g/mol. The molecule has 9 heteroatoms. The van der Waals surface area contributed by atoms with Crippen LogP contribution in [0.3, 0.4) is 0 Å². The van der Waals surface area contributed by atoms with Crippen LogP contribution in [-0.2, 0) is 11.3 Å². The second-order valence-electron chi connectivity index (χ2n) is 6.86. The highest BCUT2D eigenvalue weighted by Crippen LogP contribution is 2.29. The van der Waals surface area contributed by atoms with Crippen molar-refractivity contribution in [3.05, 3.63) is 65.8 Å². The summed E-state index contributed by atoms with van der Waals surface area (Å²) in [5.74, 6) is -0.493. The number of fused-ring (bicyclic) bond motifs is 1. The normalized spacial score (nSPS) is 10.9. The third kappa shape index (κ3) is 3.95. The van der Waals surface area contributed by atoms with Crippen molar-refractivity contribution >= 4 is 39.9 Å². The van der Waals surface area contributed by atoms with E-state index in [4.69, 9.17) is 11.6 Å². The number of carbonyl (C=O) groups excluding carboxylic acids is 1. The first-order chi connectivity index (χ1) is 14.4. The van der Waals surface area contributed by atoms with Crippen molar-refractivity contribution < 1.29 is 9.18 Å². The Bertz CT molecular complexity index is 1240. The lowest BCUT2D eigenvalue weighted by Gasteiger charge is -2.13. The zero-order chi connectivity index (χ0) is 21.3. The summed E-state index contributed by atoms with van der Waals surface area (Å²) in [4.78, 5) is 22.2. The maximum atomic E-state index is 14.2. The van der Waals surface area contributed by atoms with Gasteiger partial charge in [0.2, 0.25) is 5.91 Å². The number of hydrogen-bond donors (Lipinski definition) is 1. The molecular weight excluding hydrogens is 407 g/mol. The van der Waals surface area contributed by atoms with E-state index < -0.39 is 5.82 Å². The Morgan fingerprint density at radius 3 is 2.77 bits per heavy atom. The summed E-state index contributed by atoms with van der Waals surface area (Å²) < 4.78 is 15.8. The van der Waals surface area contributed by atoms with Gasteiger partial charge in [-0.05, 0) is 36.4 Å². The quantitative estimate of drug-likeness (QED) is 0.521. The zero-order valence-electron chi connectivity index (χ0n) is 16.3. The van der Waals surface area contributed by atoms with E-state index >= 15 is 0 Å². The summed E-state index contributed by atoms with van der Waals surface area (Å²) in [5, 5.41) is 8.02. The van der Waals surface area contributed by atoms with Crippen LogP contribution in [0.25, 0.3) is 22.3 Å². The molecule has 0 saturated heterocycles. The van der Waals surface area contributed by atoms with Crippen molar-refractivity contribution in [3.8, 4) is 11.3 Å². The third-order valence-electron chi connectivity index (χ3n) is 4.56. The molecule has 0 aliphatic rings. The van der Waals surface area contributed by atoms with E-state index in [-0.39, 0.29) is 12.5 Å². The van der Waals surface area contributed by atoms with Crippen molar-refractivity contribution in [2.75, 3.05) is 19.4 Å². The number of halogens is 2. The molecule has 3 heterocycles. The lowest BCUT2D eigenvalue weighted by molar-refractivity contribution is -0.129. The van der Waals surface area contributed by atoms with Gasteiger partial charge in [0.25, 0.3) is 0 Å². The molecule has 0 radical (unpaired) electrons. The van der Waals surface area contributed by atoms with E-state index in [0.717, 1.165) is 0 Å². The van der Waals surface area contributed by atoms with Crippen molar-refractivity contribution in [1.82, 2.24) is 24.6 Å². The predicted molar refractivity (Wildman–Crippen MR) is 114 cm³/mol. The standard InChI is InChI=1S/C21H18ClFN6O/c1-28(2)20(30)12-29-21-17(6-8-25-19(21)11-26-29)27-14-5-7-24-18(10-14)15-9-13(22)3-4-16(15)23/h3-11H,12H2,1-2H3,(H,24,25,27). The van der Waals surface area contributed by atoms with E-state index in [1.165, 1.54) is 23.1 Å². The number of rotatable bonds is 5. The Balaban J connectivity index is 1.70. The van der Waals surface area contributed by atoms with Gasteiger partial charge in [-0.15, -0.1) is 0 Å². The number of anilines is 2. The maximum Gasteiger partial charge on any atom is 0.243 e. The fraction of sp³-hybridized carbons (Fsp3) is 0.143. The van der Waals surface area contributed by atoms with Gasteiger partial charge in [-0.2, -0.15) is 5.10 Å². The molecular formula is C21H18ClFN6O. The minimum Gasteiger partial charge on any atom is -0.354 e. The van der Waals surface area contributed by atoms with E-state index in [0.29, 0.717) is 38.7 Å². The van der Waals surface area contributed by atoms with Crippen LogP contribution in [0.5, 0.6) is 0 Å². The maximum absolute atomic E-state index is 14.2. The Labute approximate surface area is 177 Å². The van der Waals surface area contributed by atoms with Gasteiger partial charge in [-0.25, -0.2) is 4.39 Å². The first kappa shape index (κ1) is 19.8. The molecule has 0 aliphatic carbocycles. The lowest BCUT2D eigenvalue weighted by Crippen LogP contribution is -2.26. The molecule has 0 bridgehead atoms. The molecule has 0 aliphatic heterocycles. The Hall–Kier alpha value is -3.52. The van der Waals surface area contributed by atoms with Crippen LogP contribution in [0.1, 0.15) is 0 Å². The van der Waals surface area contributed by atoms with Gasteiger partial charge in [0.15, 0.2) is 0 Å². The molecule has 0 atom stereocenters. The second-order valence-corrected chi connectivity index (χ2v) is 7.30. The number of nitrogens with one attached hydrogen (secondary N) is 1. The van der Waals surface area contributed by atoms with Crippen LogP contribution in [0.2, 0.25) is 5.02 Å². The van der Waals surface area contributed by atoms with E-state index in [9.17, 15) is 9.18 Å². The SMILES string of the molecule is CN(C)C(=O)Cn1ncc2nccc(Nc3ccnc(-c4cc(Cl)ccc4F)c3)c21. The summed E-state index contributed by atoms with van der Waals surface area (Å²) >= 11 is 6.01. The number of benzene rings is 1. The minimum atomic E-state index is -0.407. The Morgan fingerprint density at radius 1 is 1.17 bits per heavy atom. The van der Waals surface area contributed by atoms with E-state index in [1.54, 1.807) is 55.6 Å². The number of amides is 1. The molecule has 4 rings (SSSR count). The molecule has 0 saturated carbocycles. The molecule has 4 aromatic rings. The summed E-state index contributed by atoms with van der Waals surface area (Å²) in [6.07, 6.45) is 4.86. The van der Waals surface area contributed by atoms with Crippen molar-refractivity contribution in [1.29, 1.82) is 0 Å². The fourth-order valence-electron chi connectivity index (χ4n) is 3.01. The first-order valence-electron chi connectivity index (χ1n) is 9.11. The summed E-state index contributed by atoms with van der Waals surface area (Å²) in [7, 11) is 3.39. The molecule has 1 aromatic carbocycles. The Kier molecular flexibility index (Phi) is 5.33. The van der Waals surface area contributed by atoms with Crippen molar-refractivity contribution in [3.63, 3.8) is 0 Å². The smallest absolute Gasteiger partial charge is 0.243 e. The third-order valence-corrected chi connectivity index (χ3v) is 4.79. The van der Waals surface area contributed by atoms with Crippen LogP contribution >= 0.6 is 11.6 Å². The van der Waals surface area contributed by atoms with Crippen LogP contribution in [0.15, 0.2) is 55.0 Å². The number of hydrogen-bond acceptors (Lipinski definition) is 5. The summed E-state index contributed by atoms with van der Waals surface area (Å²) in [5.41, 5.74) is 3.52. The van der Waals surface area contributed by atoms with E-state index in [1.807, 2.05) is 0 Å². The molecule has 3 aromatic heterocycles. The second kappa shape index (κ2) is 8.08. The van der Waals surface area contributed by atoms with Crippen LogP contribution in [0, 0.1) is 5.82 Å². The zero-order valence-corrected chi connectivity index (χ0v) is 17.1. The summed E-state index contributed by atoms with van der Waals surface area (Å²) in [6, 6.07) is 9.63. The largest absolute Gasteiger partial charge is 0.354 e. The highest BCUT2D eigenvalue weighted by atomic mass is 35.5. The monoisotopic (exact) mass is 424 g/mol. The summed E-state index contributed by atoms with van der Waals surface area (Å²) in [6.45, 7) is 0.0895. The number of carbonyl (C=O) groups is 1. The number of nitrogens with zero attached hydrogens (tertiary/aromatic N) is 5. The Morgan fingerprint density at radius 2 is 1.97 bits per heavy atom. The van der Waals surface area contributed by atoms with Crippen molar-refractivity contribution in [2.45, 2.75) is 6.54 Å². The predicted octanol–water partition coefficient (Wildman–Crippen LogP) is 4.12. The highest BCUT2D eigenvalue weighted by molar-refractivity contribution is 6.30. The highest BCUT2D eigenvalue weighted by Gasteiger charge is 2.14. The van der Waals surface area contributed by atoms with Gasteiger partial charge < -0.3 is 10.2 Å². The van der Waals surface area contributed by atoms with Gasteiger partial charge >= 0.3 is 0 Å². The topological polar surface area (TPSA) is 75.9 Å². The van der Waals surface area contributed by atoms with Gasteiger partial charge in [-0.3, -0.25) is 19.4 Å². The molecule has 152 valence electrons. The first-order valence-corrected chi connectivity index (χ1v) is 9.49. The molecule has 30 heavy (non-hydrogen) atoms. The molecule has 1 amide bonds. The van der Waals surface area contributed by atoms with Crippen LogP contribution in [-0.4, -0.2) is 44.7 Å². The fourth-order valence-corrected chi connectivity index (χ4v) is 3.19. The molecule has 0 unspecified atom stereocenters. The van der Waals surface area contributed by atoms with Gasteiger partial charge in [-0.1, -0.05) is 11.6 Å². The molecule has 1 N–H and O–H groups in total. The number of likely N-dealkylation sites (N-methyl/N-ethyl adjacent to an activating group) is 1. The van der Waals surface area contributed by atoms with Gasteiger partial charge in [0, 0.05) is 42.8 Å². The van der Waals surface area contributed by atoms with Gasteiger partial charge in [0.1, 0.15) is 23.4 Å². The van der Waals surface area contributed by atoms with Crippen LogP contribution < -0.4 is 5.32 Å². The van der Waals surface area contributed by atoms with Crippen LogP contribution in [0.4, 0.5) is 15.8 Å².